The van der Waals surface area contributed by atoms with Crippen molar-refractivity contribution in [2.75, 3.05) is 19.7 Å². The lowest BCUT2D eigenvalue weighted by molar-refractivity contribution is -0.141. The summed E-state index contributed by atoms with van der Waals surface area (Å²) in [6.45, 7) is 2.79. The highest BCUT2D eigenvalue weighted by Crippen LogP contribution is 2.20. The first kappa shape index (κ1) is 42.9. The molecule has 0 aromatic heterocycles. The molecule has 0 fully saturated rings. The number of halogens is 1. The van der Waals surface area contributed by atoms with Gasteiger partial charge in [0, 0.05) is 12.8 Å². The Morgan fingerprint density at radius 1 is 0.702 bits per heavy atom. The second kappa shape index (κ2) is 22.5. The average Bonchev–Trinajstić information content (AvgIpc) is 3.22. The van der Waals surface area contributed by atoms with E-state index in [0.29, 0.717) is 11.3 Å². The van der Waals surface area contributed by atoms with Gasteiger partial charge in [-0.3, -0.25) is 19.2 Å². The van der Waals surface area contributed by atoms with Crippen molar-refractivity contribution in [2.45, 2.75) is 45.2 Å². The molecule has 0 radical (unpaired) electrons. The van der Waals surface area contributed by atoms with E-state index in [9.17, 15) is 33.5 Å². The van der Waals surface area contributed by atoms with E-state index in [1.54, 1.807) is 30.3 Å². The normalized spacial score (nSPS) is 16.1. The van der Waals surface area contributed by atoms with Crippen LogP contribution in [0, 0.1) is 12.7 Å². The van der Waals surface area contributed by atoms with Crippen LogP contribution < -0.4 is 26.0 Å². The predicted molar refractivity (Wildman–Crippen MR) is 216 cm³/mol. The van der Waals surface area contributed by atoms with Gasteiger partial charge in [-0.15, -0.1) is 0 Å². The van der Waals surface area contributed by atoms with Gasteiger partial charge in [-0.05, 0) is 71.0 Å². The Morgan fingerprint density at radius 2 is 1.32 bits per heavy atom. The quantitative estimate of drug-likeness (QED) is 0.153. The highest BCUT2D eigenvalue weighted by Gasteiger charge is 2.25. The molecule has 0 spiro atoms. The minimum Gasteiger partial charge on any atom is -0.484 e. The van der Waals surface area contributed by atoms with Crippen LogP contribution in [0.1, 0.15) is 29.2 Å². The van der Waals surface area contributed by atoms with Crippen molar-refractivity contribution >= 4 is 29.6 Å². The summed E-state index contributed by atoms with van der Waals surface area (Å²) in [5.74, 6) is -3.53. The van der Waals surface area contributed by atoms with E-state index >= 15 is 0 Å². The number of ether oxygens (including phenoxy) is 1. The van der Waals surface area contributed by atoms with Crippen LogP contribution in [0.15, 0.2) is 133 Å². The zero-order valence-electron chi connectivity index (χ0n) is 31.9. The second-order valence-corrected chi connectivity index (χ2v) is 13.1. The molecule has 11 nitrogen and oxygen atoms in total. The molecule has 2 atom stereocenters. The summed E-state index contributed by atoms with van der Waals surface area (Å²) >= 11 is 0. The number of carboxylic acid groups (broad SMARTS) is 1. The van der Waals surface area contributed by atoms with Crippen LogP contribution in [-0.2, 0) is 43.2 Å². The number of benzene rings is 5. The van der Waals surface area contributed by atoms with Crippen molar-refractivity contribution in [2.24, 2.45) is 0 Å². The first-order valence-electron chi connectivity index (χ1n) is 18.5. The predicted octanol–water partition coefficient (Wildman–Crippen LogP) is 5.20. The van der Waals surface area contributed by atoms with Crippen molar-refractivity contribution < 1.29 is 38.2 Å². The van der Waals surface area contributed by atoms with Gasteiger partial charge in [0.1, 0.15) is 23.7 Å². The molecule has 2 aliphatic rings. The van der Waals surface area contributed by atoms with Crippen LogP contribution in [-0.4, -0.2) is 66.5 Å². The van der Waals surface area contributed by atoms with Crippen LogP contribution >= 0.6 is 0 Å². The number of rotatable bonds is 5. The molecular formula is C45H47FN4O7. The fraction of sp³-hybridized carbons (Fsp3) is 0.222. The maximum atomic E-state index is 13.1. The Balaban J connectivity index is 0.000000369. The maximum Gasteiger partial charge on any atom is 0.326 e. The molecule has 5 N–H and O–H groups in total. The Bertz CT molecular complexity index is 2040. The van der Waals surface area contributed by atoms with Gasteiger partial charge in [-0.2, -0.15) is 0 Å². The lowest BCUT2D eigenvalue weighted by Crippen LogP contribution is -2.53. The number of nitrogens with one attached hydrogen (secondary N) is 4. The Morgan fingerprint density at radius 3 is 1.89 bits per heavy atom. The minimum absolute atomic E-state index is 0.00650. The summed E-state index contributed by atoms with van der Waals surface area (Å²) in [5, 5.41) is 19.5. The monoisotopic (exact) mass is 774 g/mol. The third-order valence-corrected chi connectivity index (χ3v) is 8.62. The number of carbonyl (C=O) groups is 5. The van der Waals surface area contributed by atoms with Crippen molar-refractivity contribution in [1.29, 1.82) is 0 Å². The standard InChI is InChI=1S/C30H30N4O7.C8H10.C7H7F/c35-26-16-31-28(37)18-41-23-12-8-20(9-13-23)15-25(30(39)40)34-27(36)17-32-29(38)24(33-26)14-19-6-10-22(11-7-19)21-4-2-1-3-5-21;1-2-8-6-4-3-5-7-8;1-6-3-2-4-7(8)5-6/h1-13,24-25H,14-18H2,(H,31,37)(H,32,38)(H,33,35)(H,34,36)(H,39,40);3-7H,2H2,1H3;2-5H,1H3/t24-,25+;;/m1../s1. The summed E-state index contributed by atoms with van der Waals surface area (Å²) < 4.78 is 17.6. The minimum atomic E-state index is -1.24. The first-order valence-corrected chi connectivity index (χ1v) is 18.5. The molecule has 0 aliphatic carbocycles. The van der Waals surface area contributed by atoms with Crippen LogP contribution in [0.2, 0.25) is 0 Å². The molecule has 0 unspecified atom stereocenters. The lowest BCUT2D eigenvalue weighted by Gasteiger charge is -2.20. The highest BCUT2D eigenvalue weighted by molar-refractivity contribution is 5.93. The third-order valence-electron chi connectivity index (χ3n) is 8.62. The number of aryl methyl sites for hydroxylation is 2. The molecule has 4 amide bonds. The summed E-state index contributed by atoms with van der Waals surface area (Å²) in [6.07, 6.45) is 1.24. The summed E-state index contributed by atoms with van der Waals surface area (Å²) in [6, 6.07) is 38.3. The molecule has 296 valence electrons. The first-order chi connectivity index (χ1) is 27.5. The van der Waals surface area contributed by atoms with Crippen molar-refractivity contribution in [3.63, 3.8) is 0 Å². The van der Waals surface area contributed by atoms with E-state index in [0.717, 1.165) is 28.7 Å². The van der Waals surface area contributed by atoms with Crippen LogP contribution in [0.25, 0.3) is 11.1 Å². The summed E-state index contributed by atoms with van der Waals surface area (Å²) in [5.41, 5.74) is 5.75. The lowest BCUT2D eigenvalue weighted by atomic mass is 10.00. The van der Waals surface area contributed by atoms with Gasteiger partial charge < -0.3 is 31.1 Å². The summed E-state index contributed by atoms with van der Waals surface area (Å²) in [4.78, 5) is 62.2. The Kier molecular flexibility index (Phi) is 17.0. The van der Waals surface area contributed by atoms with Crippen molar-refractivity contribution in [3.8, 4) is 16.9 Å². The molecule has 2 bridgehead atoms. The van der Waals surface area contributed by atoms with Gasteiger partial charge in [0.05, 0.1) is 13.1 Å². The van der Waals surface area contributed by atoms with Gasteiger partial charge in [0.2, 0.25) is 17.7 Å². The molecule has 57 heavy (non-hydrogen) atoms. The van der Waals surface area contributed by atoms with Crippen molar-refractivity contribution in [3.05, 3.63) is 162 Å². The summed E-state index contributed by atoms with van der Waals surface area (Å²) in [7, 11) is 0. The number of amides is 4. The van der Waals surface area contributed by atoms with E-state index in [-0.39, 0.29) is 25.3 Å². The van der Waals surface area contributed by atoms with Gasteiger partial charge in [0.25, 0.3) is 5.91 Å². The van der Waals surface area contributed by atoms with Crippen molar-refractivity contribution in [1.82, 2.24) is 21.3 Å². The molecule has 5 aromatic carbocycles. The molecule has 7 rings (SSSR count). The van der Waals surface area contributed by atoms with Gasteiger partial charge in [-0.1, -0.05) is 116 Å². The Hall–Kier alpha value is -6.82. The number of carbonyl (C=O) groups excluding carboxylic acids is 4. The molecule has 0 saturated carbocycles. The topological polar surface area (TPSA) is 163 Å². The highest BCUT2D eigenvalue weighted by atomic mass is 19.1. The second-order valence-electron chi connectivity index (χ2n) is 13.1. The fourth-order valence-electron chi connectivity index (χ4n) is 5.55. The van der Waals surface area contributed by atoms with E-state index in [1.807, 2.05) is 73.7 Å². The SMILES string of the molecule is CCc1ccccc1.Cc1cccc(F)c1.O=C1COc2ccc(cc2)C[C@@H](C(=O)O)NC(=O)CNC(=O)[C@@H](Cc2ccc(-c3ccccc3)cc2)NC(=O)CN1. The number of hydrogen-bond acceptors (Lipinski definition) is 6. The zero-order valence-corrected chi connectivity index (χ0v) is 31.9. The molecule has 12 heteroatoms. The Labute approximate surface area is 331 Å². The van der Waals surface area contributed by atoms with Crippen LogP contribution in [0.4, 0.5) is 4.39 Å². The fourth-order valence-corrected chi connectivity index (χ4v) is 5.55. The van der Waals surface area contributed by atoms with Gasteiger partial charge in [0.15, 0.2) is 6.61 Å². The number of hydrogen-bond donors (Lipinski definition) is 5. The van der Waals surface area contributed by atoms with E-state index in [1.165, 1.54) is 17.7 Å². The molecular weight excluding hydrogens is 728 g/mol. The number of carboxylic acids is 1. The van der Waals surface area contributed by atoms with E-state index in [4.69, 9.17) is 4.74 Å². The van der Waals surface area contributed by atoms with Crippen LogP contribution in [0.5, 0.6) is 5.75 Å². The number of fused-ring (bicyclic) bond motifs is 16. The van der Waals surface area contributed by atoms with Gasteiger partial charge >= 0.3 is 5.97 Å². The molecule has 5 aromatic rings. The smallest absolute Gasteiger partial charge is 0.326 e. The molecule has 2 aliphatic heterocycles. The molecule has 2 heterocycles. The van der Waals surface area contributed by atoms with Gasteiger partial charge in [-0.25, -0.2) is 9.18 Å². The molecule has 0 saturated heterocycles. The van der Waals surface area contributed by atoms with Crippen LogP contribution in [0.3, 0.4) is 0 Å². The maximum absolute atomic E-state index is 13.1. The zero-order chi connectivity index (χ0) is 41.0. The third kappa shape index (κ3) is 15.4. The largest absolute Gasteiger partial charge is 0.484 e. The number of aliphatic carboxylic acids is 1. The van der Waals surface area contributed by atoms with E-state index in [2.05, 4.69) is 52.5 Å². The average molecular weight is 775 g/mol. The van der Waals surface area contributed by atoms with E-state index < -0.39 is 54.8 Å².